The lowest BCUT2D eigenvalue weighted by Gasteiger charge is -2.21. The van der Waals surface area contributed by atoms with Crippen LogP contribution in [0.3, 0.4) is 0 Å². The van der Waals surface area contributed by atoms with Gasteiger partial charge in [-0.05, 0) is 80.1 Å². The number of amides is 3. The summed E-state index contributed by atoms with van der Waals surface area (Å²) in [4.78, 5) is 66.5. The number of pyridine rings is 1. The molecule has 3 aromatic rings. The third-order valence-corrected chi connectivity index (χ3v) is 7.32. The van der Waals surface area contributed by atoms with Gasteiger partial charge in [0.15, 0.2) is 5.78 Å². The molecule has 2 unspecified atom stereocenters. The number of nitrogens with zero attached hydrogens (tertiary/aromatic N) is 1. The molecule has 13 nitrogen and oxygen atoms in total. The molecular formula is C35H41FN4O9. The Kier molecular flexibility index (Phi) is 15.5. The number of methoxy groups -OCH3 is 2. The van der Waals surface area contributed by atoms with Crippen molar-refractivity contribution in [2.24, 2.45) is 0 Å². The predicted octanol–water partition coefficient (Wildman–Crippen LogP) is 4.03. The van der Waals surface area contributed by atoms with E-state index in [4.69, 9.17) is 18.9 Å². The predicted molar refractivity (Wildman–Crippen MR) is 175 cm³/mol. The van der Waals surface area contributed by atoms with Crippen LogP contribution in [0.25, 0.3) is 0 Å². The molecule has 0 spiro atoms. The van der Waals surface area contributed by atoms with Crippen molar-refractivity contribution in [3.8, 4) is 11.5 Å². The van der Waals surface area contributed by atoms with Crippen molar-refractivity contribution in [1.29, 1.82) is 0 Å². The molecule has 2 atom stereocenters. The van der Waals surface area contributed by atoms with Gasteiger partial charge in [-0.1, -0.05) is 24.3 Å². The number of hydrogen-bond donors (Lipinski definition) is 3. The van der Waals surface area contributed by atoms with Crippen LogP contribution in [0, 0.1) is 5.95 Å². The Bertz CT molecular complexity index is 1530. The molecule has 0 aliphatic heterocycles. The number of aromatic nitrogens is 1. The molecule has 0 saturated carbocycles. The van der Waals surface area contributed by atoms with Crippen LogP contribution in [0.15, 0.2) is 66.9 Å². The summed E-state index contributed by atoms with van der Waals surface area (Å²) in [6, 6.07) is 13.4. The van der Waals surface area contributed by atoms with Gasteiger partial charge in [-0.3, -0.25) is 14.4 Å². The minimum absolute atomic E-state index is 0.0107. The summed E-state index contributed by atoms with van der Waals surface area (Å²) in [6.07, 6.45) is 2.04. The second-order valence-corrected chi connectivity index (χ2v) is 11.0. The normalized spacial score (nSPS) is 11.8. The maximum Gasteiger partial charge on any atom is 0.329 e. The number of Topliss-reactive ketones (excluding diaryl/α,β-unsaturated/α-hetero) is 1. The number of nitrogens with one attached hydrogen (secondary N) is 3. The highest BCUT2D eigenvalue weighted by Crippen LogP contribution is 2.14. The summed E-state index contributed by atoms with van der Waals surface area (Å²) >= 11 is 0. The van der Waals surface area contributed by atoms with Gasteiger partial charge >= 0.3 is 18.0 Å². The number of unbranched alkanes of at least 4 members (excludes halogenated alkanes) is 1. The summed E-state index contributed by atoms with van der Waals surface area (Å²) in [5, 5.41) is 7.80. The quantitative estimate of drug-likeness (QED) is 0.0955. The van der Waals surface area contributed by atoms with Crippen molar-refractivity contribution in [2.45, 2.75) is 64.3 Å². The van der Waals surface area contributed by atoms with E-state index < -0.39 is 41.9 Å². The molecule has 0 bridgehead atoms. The van der Waals surface area contributed by atoms with Crippen LogP contribution >= 0.6 is 0 Å². The average molecular weight is 680 g/mol. The Morgan fingerprint density at radius 1 is 0.755 bits per heavy atom. The largest absolute Gasteiger partial charge is 0.497 e. The van der Waals surface area contributed by atoms with E-state index in [2.05, 4.69) is 20.9 Å². The third kappa shape index (κ3) is 13.6. The lowest BCUT2D eigenvalue weighted by atomic mass is 10.1. The Morgan fingerprint density at radius 3 is 1.90 bits per heavy atom. The summed E-state index contributed by atoms with van der Waals surface area (Å²) < 4.78 is 34.0. The third-order valence-electron chi connectivity index (χ3n) is 7.32. The zero-order valence-electron chi connectivity index (χ0n) is 27.7. The lowest BCUT2D eigenvalue weighted by molar-refractivity contribution is -0.148. The second-order valence-electron chi connectivity index (χ2n) is 11.0. The smallest absolute Gasteiger partial charge is 0.329 e. The van der Waals surface area contributed by atoms with Crippen molar-refractivity contribution in [3.05, 3.63) is 89.5 Å². The Morgan fingerprint density at radius 2 is 1.35 bits per heavy atom. The number of ether oxygens (including phenoxy) is 4. The maximum atomic E-state index is 13.1. The van der Waals surface area contributed by atoms with Gasteiger partial charge in [0.05, 0.1) is 25.8 Å². The van der Waals surface area contributed by atoms with E-state index in [9.17, 15) is 28.4 Å². The first kappa shape index (κ1) is 37.9. The topological polar surface area (TPSA) is 171 Å². The molecule has 1 heterocycles. The van der Waals surface area contributed by atoms with E-state index in [0.29, 0.717) is 29.9 Å². The summed E-state index contributed by atoms with van der Waals surface area (Å²) in [7, 11) is 3.08. The van der Waals surface area contributed by atoms with Gasteiger partial charge in [-0.25, -0.2) is 14.6 Å². The zero-order valence-corrected chi connectivity index (χ0v) is 27.7. The van der Waals surface area contributed by atoms with E-state index in [1.54, 1.807) is 55.6 Å². The summed E-state index contributed by atoms with van der Waals surface area (Å²) in [5.74, 6) is -1.49. The number of halogens is 1. The van der Waals surface area contributed by atoms with Crippen molar-refractivity contribution in [1.82, 2.24) is 20.9 Å². The molecule has 3 rings (SSSR count). The zero-order chi connectivity index (χ0) is 35.6. The van der Waals surface area contributed by atoms with Crippen LogP contribution < -0.4 is 25.4 Å². The summed E-state index contributed by atoms with van der Waals surface area (Å²) in [5.41, 5.74) is 1.63. The molecule has 0 radical (unpaired) electrons. The number of rotatable bonds is 19. The van der Waals surface area contributed by atoms with Gasteiger partial charge in [-0.2, -0.15) is 4.39 Å². The SMILES string of the molecule is COc1ccc(COC(=O)CCC(NC(=O)NC(CCCCNC(=O)c2ccc([18F])nc2)C(C)=O)C(=O)OCc2ccc(OC)cc2)cc1. The molecule has 0 saturated heterocycles. The van der Waals surface area contributed by atoms with Gasteiger partial charge in [0.25, 0.3) is 5.91 Å². The monoisotopic (exact) mass is 679 g/mol. The minimum Gasteiger partial charge on any atom is -0.497 e. The van der Waals surface area contributed by atoms with E-state index in [1.165, 1.54) is 20.1 Å². The van der Waals surface area contributed by atoms with E-state index in [0.717, 1.165) is 17.8 Å². The number of benzene rings is 2. The molecule has 14 heteroatoms. The number of urea groups is 1. The van der Waals surface area contributed by atoms with Crippen LogP contribution in [0.2, 0.25) is 0 Å². The first-order chi connectivity index (χ1) is 23.6. The molecule has 2 aromatic carbocycles. The number of carbonyl (C=O) groups is 5. The van der Waals surface area contributed by atoms with E-state index in [1.807, 2.05) is 0 Å². The molecule has 49 heavy (non-hydrogen) atoms. The molecular weight excluding hydrogens is 638 g/mol. The highest BCUT2D eigenvalue weighted by Gasteiger charge is 2.26. The summed E-state index contributed by atoms with van der Waals surface area (Å²) in [6.45, 7) is 1.53. The van der Waals surface area contributed by atoms with Crippen molar-refractivity contribution >= 4 is 29.7 Å². The highest BCUT2D eigenvalue weighted by molar-refractivity contribution is 5.93. The molecule has 0 aliphatic rings. The molecule has 3 N–H and O–H groups in total. The lowest BCUT2D eigenvalue weighted by Crippen LogP contribution is -2.51. The molecule has 0 fully saturated rings. The number of hydrogen-bond acceptors (Lipinski definition) is 10. The first-order valence-electron chi connectivity index (χ1n) is 15.6. The second kappa shape index (κ2) is 20.0. The van der Waals surface area contributed by atoms with Crippen LogP contribution in [-0.2, 0) is 37.1 Å². The van der Waals surface area contributed by atoms with Crippen LogP contribution in [-0.4, -0.2) is 67.5 Å². The van der Waals surface area contributed by atoms with Crippen LogP contribution in [0.1, 0.15) is 60.5 Å². The highest BCUT2D eigenvalue weighted by atomic mass is 18.2. The van der Waals surface area contributed by atoms with E-state index in [-0.39, 0.29) is 50.4 Å². The molecule has 3 amide bonds. The Balaban J connectivity index is 1.52. The number of esters is 2. The Hall–Kier alpha value is -5.53. The van der Waals surface area contributed by atoms with E-state index >= 15 is 0 Å². The average Bonchev–Trinajstić information content (AvgIpc) is 3.11. The number of ketones is 1. The van der Waals surface area contributed by atoms with Gasteiger partial charge in [0.2, 0.25) is 5.95 Å². The Labute approximate surface area is 283 Å². The van der Waals surface area contributed by atoms with Crippen molar-refractivity contribution < 1.29 is 47.3 Å². The fourth-order valence-electron chi connectivity index (χ4n) is 4.47. The fourth-order valence-corrected chi connectivity index (χ4v) is 4.47. The maximum absolute atomic E-state index is 13.1. The standard InChI is InChI=1S/C35H41FN4O9/c1-23(41)29(6-4-5-19-37-33(43)26-11-17-31(36)38-20-26)39-35(45)40-30(34(44)49-22-25-9-14-28(47-3)15-10-25)16-18-32(42)48-21-24-7-12-27(46-2)13-8-24/h7-15,17,20,29-30H,4-6,16,18-19,21-22H2,1-3H3,(H,37,43)(H2,39,40,45)/i36-1. The number of carbonyl (C=O) groups excluding carboxylic acids is 5. The first-order valence-corrected chi connectivity index (χ1v) is 15.6. The van der Waals surface area contributed by atoms with Crippen molar-refractivity contribution in [3.63, 3.8) is 0 Å². The van der Waals surface area contributed by atoms with Crippen LogP contribution in [0.5, 0.6) is 11.5 Å². The van der Waals surface area contributed by atoms with Gasteiger partial charge in [0, 0.05) is 19.2 Å². The fraction of sp³-hybridized carbons (Fsp3) is 0.371. The van der Waals surface area contributed by atoms with Gasteiger partial charge < -0.3 is 34.9 Å². The molecule has 262 valence electrons. The minimum atomic E-state index is -1.23. The van der Waals surface area contributed by atoms with Gasteiger partial charge in [0.1, 0.15) is 30.8 Å². The molecule has 1 aromatic heterocycles. The van der Waals surface area contributed by atoms with Crippen LogP contribution in [0.4, 0.5) is 9.18 Å². The molecule has 0 aliphatic carbocycles. The van der Waals surface area contributed by atoms with Gasteiger partial charge in [-0.15, -0.1) is 0 Å². The van der Waals surface area contributed by atoms with Crippen molar-refractivity contribution in [2.75, 3.05) is 20.8 Å².